The number of hydrogen-bond donors (Lipinski definition) is 0. The summed E-state index contributed by atoms with van der Waals surface area (Å²) < 4.78 is 4.08. The third kappa shape index (κ3) is 2.46. The first-order valence-electron chi connectivity index (χ1n) is 6.01. The Balaban J connectivity index is 2.21. The lowest BCUT2D eigenvalue weighted by Crippen LogP contribution is -2.47. The molecule has 2 rings (SSSR count). The number of aromatic nitrogens is 1. The van der Waals surface area contributed by atoms with Crippen LogP contribution in [0.2, 0.25) is 5.15 Å². The molecule has 1 fully saturated rings. The van der Waals surface area contributed by atoms with E-state index in [-0.39, 0.29) is 0 Å². The van der Waals surface area contributed by atoms with Crippen LogP contribution in [0, 0.1) is 17.2 Å². The lowest BCUT2D eigenvalue weighted by molar-refractivity contribution is 0.194. The number of nitrogens with zero attached hydrogens (tertiary/aromatic N) is 4. The van der Waals surface area contributed by atoms with Crippen LogP contribution in [-0.4, -0.2) is 42.5 Å². The van der Waals surface area contributed by atoms with Crippen LogP contribution in [0.25, 0.3) is 0 Å². The predicted molar refractivity (Wildman–Crippen MR) is 75.3 cm³/mol. The highest BCUT2D eigenvalue weighted by Gasteiger charge is 2.30. The number of anilines is 1. The number of halogens is 1. The molecule has 0 spiro atoms. The zero-order valence-corrected chi connectivity index (χ0v) is 12.4. The molecule has 18 heavy (non-hydrogen) atoms. The molecule has 4 nitrogen and oxygen atoms in total. The second-order valence-electron chi connectivity index (χ2n) is 4.97. The van der Waals surface area contributed by atoms with Crippen molar-refractivity contribution in [3.63, 3.8) is 0 Å². The smallest absolute Gasteiger partial charge is 0.162 e. The van der Waals surface area contributed by atoms with Crippen LogP contribution in [0.1, 0.15) is 18.9 Å². The minimum Gasteiger partial charge on any atom is -0.361 e. The molecule has 0 saturated carbocycles. The fourth-order valence-electron chi connectivity index (χ4n) is 2.67. The van der Waals surface area contributed by atoms with Gasteiger partial charge in [0.1, 0.15) is 16.6 Å². The molecule has 2 heterocycles. The van der Waals surface area contributed by atoms with Gasteiger partial charge in [0.2, 0.25) is 0 Å². The fraction of sp³-hybridized carbons (Fsp3) is 0.667. The van der Waals surface area contributed by atoms with Crippen molar-refractivity contribution in [2.24, 2.45) is 5.92 Å². The largest absolute Gasteiger partial charge is 0.361 e. The predicted octanol–water partition coefficient (Wildman–Crippen LogP) is 2.44. The third-order valence-electron chi connectivity index (χ3n) is 3.63. The highest BCUT2D eigenvalue weighted by molar-refractivity contribution is 7.10. The van der Waals surface area contributed by atoms with Gasteiger partial charge in [-0.3, -0.25) is 0 Å². The van der Waals surface area contributed by atoms with Crippen molar-refractivity contribution in [3.05, 3.63) is 10.7 Å². The Morgan fingerprint density at radius 1 is 1.61 bits per heavy atom. The number of likely N-dealkylation sites (tertiary alicyclic amines) is 1. The van der Waals surface area contributed by atoms with Crippen LogP contribution in [-0.2, 0) is 0 Å². The summed E-state index contributed by atoms with van der Waals surface area (Å²) in [6.07, 6.45) is 1.11. The van der Waals surface area contributed by atoms with Gasteiger partial charge in [-0.1, -0.05) is 18.5 Å². The first-order chi connectivity index (χ1) is 8.54. The normalized spacial score (nSPS) is 24.8. The van der Waals surface area contributed by atoms with Crippen molar-refractivity contribution in [2.75, 3.05) is 32.1 Å². The summed E-state index contributed by atoms with van der Waals surface area (Å²) in [7, 11) is 4.19. The van der Waals surface area contributed by atoms with E-state index in [1.165, 1.54) is 11.5 Å². The van der Waals surface area contributed by atoms with Gasteiger partial charge in [0.15, 0.2) is 5.15 Å². The SMILES string of the molecule is CC1CN(C)CCC1N(C)c1snc(Cl)c1C#N. The molecule has 1 aromatic rings. The first kappa shape index (κ1) is 13.6. The van der Waals surface area contributed by atoms with Gasteiger partial charge in [0.05, 0.1) is 0 Å². The van der Waals surface area contributed by atoms with Crippen LogP contribution in [0.5, 0.6) is 0 Å². The Morgan fingerprint density at radius 2 is 2.33 bits per heavy atom. The molecular weight excluding hydrogens is 268 g/mol. The summed E-state index contributed by atoms with van der Waals surface area (Å²) >= 11 is 7.24. The van der Waals surface area contributed by atoms with Crippen molar-refractivity contribution in [2.45, 2.75) is 19.4 Å². The van der Waals surface area contributed by atoms with Crippen LogP contribution >= 0.6 is 23.1 Å². The lowest BCUT2D eigenvalue weighted by Gasteiger charge is -2.40. The molecular formula is C12H17ClN4S. The second-order valence-corrected chi connectivity index (χ2v) is 6.08. The summed E-state index contributed by atoms with van der Waals surface area (Å²) in [6.45, 7) is 4.43. The molecule has 0 radical (unpaired) electrons. The quantitative estimate of drug-likeness (QED) is 0.837. The van der Waals surface area contributed by atoms with Gasteiger partial charge in [-0.25, -0.2) is 0 Å². The van der Waals surface area contributed by atoms with E-state index in [1.54, 1.807) is 0 Å². The number of piperidine rings is 1. The standard InChI is InChI=1S/C12H17ClN4S/c1-8-7-16(2)5-4-10(8)17(3)12-9(6-14)11(13)15-18-12/h8,10H,4-5,7H2,1-3H3. The Hall–Kier alpha value is -0.830. The molecule has 1 saturated heterocycles. The van der Waals surface area contributed by atoms with E-state index in [2.05, 4.69) is 34.2 Å². The van der Waals surface area contributed by atoms with Gasteiger partial charge < -0.3 is 9.80 Å². The van der Waals surface area contributed by atoms with E-state index in [9.17, 15) is 0 Å². The third-order valence-corrected chi connectivity index (χ3v) is 4.94. The molecule has 2 unspecified atom stereocenters. The van der Waals surface area contributed by atoms with Gasteiger partial charge in [0.25, 0.3) is 0 Å². The summed E-state index contributed by atoms with van der Waals surface area (Å²) in [5, 5.41) is 10.4. The van der Waals surface area contributed by atoms with Crippen molar-refractivity contribution in [1.82, 2.24) is 9.27 Å². The lowest BCUT2D eigenvalue weighted by atomic mass is 9.93. The Kier molecular flexibility index (Phi) is 4.10. The zero-order valence-electron chi connectivity index (χ0n) is 10.9. The molecule has 1 aliphatic heterocycles. The molecule has 0 aromatic carbocycles. The molecule has 98 valence electrons. The zero-order chi connectivity index (χ0) is 13.3. The van der Waals surface area contributed by atoms with Crippen molar-refractivity contribution in [1.29, 1.82) is 5.26 Å². The van der Waals surface area contributed by atoms with E-state index in [0.29, 0.717) is 22.7 Å². The number of hydrogen-bond acceptors (Lipinski definition) is 5. The fourth-order valence-corrected chi connectivity index (χ4v) is 3.71. The maximum absolute atomic E-state index is 9.14. The minimum atomic E-state index is 0.324. The summed E-state index contributed by atoms with van der Waals surface area (Å²) in [5.74, 6) is 0.571. The van der Waals surface area contributed by atoms with E-state index in [4.69, 9.17) is 16.9 Å². The Morgan fingerprint density at radius 3 is 2.94 bits per heavy atom. The van der Waals surface area contributed by atoms with E-state index < -0.39 is 0 Å². The van der Waals surface area contributed by atoms with E-state index >= 15 is 0 Å². The highest BCUT2D eigenvalue weighted by Crippen LogP contribution is 2.34. The first-order valence-corrected chi connectivity index (χ1v) is 7.16. The highest BCUT2D eigenvalue weighted by atomic mass is 35.5. The Bertz CT molecular complexity index is 467. The maximum atomic E-state index is 9.14. The molecule has 6 heteroatoms. The summed E-state index contributed by atoms with van der Waals surface area (Å²) in [6, 6.07) is 2.60. The number of nitriles is 1. The molecule has 2 atom stereocenters. The van der Waals surface area contributed by atoms with Gasteiger partial charge >= 0.3 is 0 Å². The average molecular weight is 285 g/mol. The maximum Gasteiger partial charge on any atom is 0.162 e. The van der Waals surface area contributed by atoms with Gasteiger partial charge in [-0.15, -0.1) is 0 Å². The topological polar surface area (TPSA) is 43.2 Å². The number of rotatable bonds is 2. The van der Waals surface area contributed by atoms with Crippen LogP contribution in [0.15, 0.2) is 0 Å². The summed E-state index contributed by atoms with van der Waals surface area (Å²) in [4.78, 5) is 4.53. The second kappa shape index (κ2) is 5.43. The van der Waals surface area contributed by atoms with Crippen molar-refractivity contribution in [3.8, 4) is 6.07 Å². The van der Waals surface area contributed by atoms with Crippen molar-refractivity contribution >= 4 is 28.1 Å². The minimum absolute atomic E-state index is 0.324. The Labute approximate surface area is 117 Å². The molecule has 0 aliphatic carbocycles. The van der Waals surface area contributed by atoms with Crippen molar-refractivity contribution < 1.29 is 0 Å². The van der Waals surface area contributed by atoms with E-state index in [0.717, 1.165) is 24.5 Å². The molecule has 1 aromatic heterocycles. The van der Waals surface area contributed by atoms with Gasteiger partial charge in [0, 0.05) is 19.6 Å². The van der Waals surface area contributed by atoms with E-state index in [1.807, 2.05) is 7.05 Å². The van der Waals surface area contributed by atoms with Crippen LogP contribution in [0.4, 0.5) is 5.00 Å². The molecule has 1 aliphatic rings. The van der Waals surface area contributed by atoms with Crippen LogP contribution in [0.3, 0.4) is 0 Å². The molecule has 0 N–H and O–H groups in total. The van der Waals surface area contributed by atoms with Gasteiger partial charge in [-0.05, 0) is 37.5 Å². The monoisotopic (exact) mass is 284 g/mol. The van der Waals surface area contributed by atoms with Gasteiger partial charge in [-0.2, -0.15) is 9.64 Å². The molecule has 0 bridgehead atoms. The summed E-state index contributed by atoms with van der Waals surface area (Å²) in [5.41, 5.74) is 0.510. The van der Waals surface area contributed by atoms with Crippen LogP contribution < -0.4 is 4.90 Å². The average Bonchev–Trinajstić information content (AvgIpc) is 2.69. The molecule has 0 amide bonds.